The van der Waals surface area contributed by atoms with Gasteiger partial charge in [0.2, 0.25) is 5.75 Å². The van der Waals surface area contributed by atoms with E-state index in [1.807, 2.05) is 0 Å². The van der Waals surface area contributed by atoms with Gasteiger partial charge in [-0.2, -0.15) is 5.10 Å². The van der Waals surface area contributed by atoms with Crippen molar-refractivity contribution >= 4 is 35.3 Å². The summed E-state index contributed by atoms with van der Waals surface area (Å²) in [6, 6.07) is 9.63. The maximum atomic E-state index is 11.8. The maximum absolute atomic E-state index is 11.8. The SMILES string of the molecule is COc1cc(/C=N/NC(=O)C(=O)Nc2ccc(Cl)cc2)cc(OC)c1OC. The summed E-state index contributed by atoms with van der Waals surface area (Å²) in [6.45, 7) is 0. The largest absolute Gasteiger partial charge is 0.493 e. The van der Waals surface area contributed by atoms with Crippen LogP contribution in [0, 0.1) is 0 Å². The topological polar surface area (TPSA) is 98.2 Å². The quantitative estimate of drug-likeness (QED) is 0.447. The second-order valence-corrected chi connectivity index (χ2v) is 5.56. The van der Waals surface area contributed by atoms with Gasteiger partial charge >= 0.3 is 11.8 Å². The van der Waals surface area contributed by atoms with Gasteiger partial charge < -0.3 is 19.5 Å². The maximum Gasteiger partial charge on any atom is 0.329 e. The summed E-state index contributed by atoms with van der Waals surface area (Å²) in [5.41, 5.74) is 3.16. The van der Waals surface area contributed by atoms with Gasteiger partial charge in [0, 0.05) is 16.3 Å². The van der Waals surface area contributed by atoms with Crippen molar-refractivity contribution in [1.29, 1.82) is 0 Å². The first-order chi connectivity index (χ1) is 13.0. The number of hydrogen-bond donors (Lipinski definition) is 2. The van der Waals surface area contributed by atoms with E-state index in [9.17, 15) is 9.59 Å². The Morgan fingerprint density at radius 1 is 0.963 bits per heavy atom. The van der Waals surface area contributed by atoms with E-state index in [-0.39, 0.29) is 0 Å². The molecule has 142 valence electrons. The minimum Gasteiger partial charge on any atom is -0.493 e. The molecule has 2 rings (SSSR count). The zero-order chi connectivity index (χ0) is 19.8. The van der Waals surface area contributed by atoms with Crippen molar-refractivity contribution in [2.24, 2.45) is 5.10 Å². The number of carbonyl (C=O) groups is 2. The van der Waals surface area contributed by atoms with Gasteiger partial charge in [0.1, 0.15) is 0 Å². The minimum absolute atomic E-state index is 0.434. The summed E-state index contributed by atoms with van der Waals surface area (Å²) in [7, 11) is 4.47. The molecule has 0 atom stereocenters. The monoisotopic (exact) mass is 391 g/mol. The van der Waals surface area contributed by atoms with Crippen molar-refractivity contribution < 1.29 is 23.8 Å². The van der Waals surface area contributed by atoms with Crippen molar-refractivity contribution in [3.8, 4) is 17.2 Å². The lowest BCUT2D eigenvalue weighted by Gasteiger charge is -2.12. The van der Waals surface area contributed by atoms with Crippen LogP contribution < -0.4 is 25.0 Å². The van der Waals surface area contributed by atoms with Crippen LogP contribution in [0.5, 0.6) is 17.2 Å². The van der Waals surface area contributed by atoms with Crippen molar-refractivity contribution in [2.75, 3.05) is 26.6 Å². The Bertz CT molecular complexity index is 828. The first-order valence-corrected chi connectivity index (χ1v) is 8.06. The van der Waals surface area contributed by atoms with Crippen LogP contribution in [0.2, 0.25) is 5.02 Å². The molecule has 0 saturated heterocycles. The molecule has 0 fully saturated rings. The van der Waals surface area contributed by atoms with Crippen LogP contribution in [0.1, 0.15) is 5.56 Å². The fraction of sp³-hybridized carbons (Fsp3) is 0.167. The molecule has 0 saturated carbocycles. The van der Waals surface area contributed by atoms with E-state index in [0.717, 1.165) is 0 Å². The van der Waals surface area contributed by atoms with E-state index in [0.29, 0.717) is 33.5 Å². The Balaban J connectivity index is 2.02. The van der Waals surface area contributed by atoms with Gasteiger partial charge in [-0.3, -0.25) is 9.59 Å². The van der Waals surface area contributed by atoms with Gasteiger partial charge in [0.05, 0.1) is 27.5 Å². The predicted molar refractivity (Wildman–Crippen MR) is 102 cm³/mol. The van der Waals surface area contributed by atoms with Crippen LogP contribution in [0.25, 0.3) is 0 Å². The first kappa shape index (κ1) is 20.1. The number of nitrogens with one attached hydrogen (secondary N) is 2. The normalized spacial score (nSPS) is 10.4. The third-order valence-electron chi connectivity index (χ3n) is 3.38. The lowest BCUT2D eigenvalue weighted by atomic mass is 10.2. The van der Waals surface area contributed by atoms with Crippen LogP contribution in [-0.2, 0) is 9.59 Å². The molecule has 9 heteroatoms. The fourth-order valence-electron chi connectivity index (χ4n) is 2.11. The highest BCUT2D eigenvalue weighted by atomic mass is 35.5. The van der Waals surface area contributed by atoms with Crippen molar-refractivity contribution in [1.82, 2.24) is 5.43 Å². The van der Waals surface area contributed by atoms with E-state index in [1.165, 1.54) is 27.5 Å². The molecule has 0 aliphatic rings. The highest BCUT2D eigenvalue weighted by Crippen LogP contribution is 2.37. The third kappa shape index (κ3) is 5.35. The molecular formula is C18H18ClN3O5. The van der Waals surface area contributed by atoms with Crippen LogP contribution in [0.15, 0.2) is 41.5 Å². The second-order valence-electron chi connectivity index (χ2n) is 5.12. The number of hydrazone groups is 1. The fourth-order valence-corrected chi connectivity index (χ4v) is 2.24. The van der Waals surface area contributed by atoms with Crippen molar-refractivity contribution in [3.63, 3.8) is 0 Å². The lowest BCUT2D eigenvalue weighted by molar-refractivity contribution is -0.136. The van der Waals surface area contributed by atoms with Gasteiger partial charge in [0.25, 0.3) is 0 Å². The number of halogens is 1. The van der Waals surface area contributed by atoms with Gasteiger partial charge in [-0.05, 0) is 36.4 Å². The Kier molecular flexibility index (Phi) is 7.01. The standard InChI is InChI=1S/C18H18ClN3O5/c1-25-14-8-11(9-15(26-2)16(14)27-3)10-20-22-18(24)17(23)21-13-6-4-12(19)5-7-13/h4-10H,1-3H3,(H,21,23)(H,22,24)/b20-10+. The summed E-state index contributed by atoms with van der Waals surface area (Å²) in [5, 5.41) is 6.72. The van der Waals surface area contributed by atoms with E-state index in [4.69, 9.17) is 25.8 Å². The number of hydrogen-bond acceptors (Lipinski definition) is 6. The Morgan fingerprint density at radius 2 is 1.56 bits per heavy atom. The third-order valence-corrected chi connectivity index (χ3v) is 3.63. The molecule has 0 aliphatic heterocycles. The smallest absolute Gasteiger partial charge is 0.329 e. The number of methoxy groups -OCH3 is 3. The summed E-state index contributed by atoms with van der Waals surface area (Å²) < 4.78 is 15.7. The molecule has 0 heterocycles. The highest BCUT2D eigenvalue weighted by Gasteiger charge is 2.14. The van der Waals surface area contributed by atoms with Crippen LogP contribution in [0.4, 0.5) is 5.69 Å². The van der Waals surface area contributed by atoms with Crippen LogP contribution >= 0.6 is 11.6 Å². The molecule has 2 amide bonds. The molecule has 27 heavy (non-hydrogen) atoms. The molecule has 0 bridgehead atoms. The molecule has 2 aromatic carbocycles. The van der Waals surface area contributed by atoms with Gasteiger partial charge in [-0.25, -0.2) is 5.43 Å². The molecule has 2 N–H and O–H groups in total. The van der Waals surface area contributed by atoms with Crippen LogP contribution in [0.3, 0.4) is 0 Å². The van der Waals surface area contributed by atoms with Crippen molar-refractivity contribution in [3.05, 3.63) is 47.0 Å². The molecule has 0 unspecified atom stereocenters. The predicted octanol–water partition coefficient (Wildman–Crippen LogP) is 2.45. The van der Waals surface area contributed by atoms with Crippen molar-refractivity contribution in [2.45, 2.75) is 0 Å². The number of nitrogens with zero attached hydrogens (tertiary/aromatic N) is 1. The first-order valence-electron chi connectivity index (χ1n) is 7.68. The summed E-state index contributed by atoms with van der Waals surface area (Å²) in [6.07, 6.45) is 1.35. The average Bonchev–Trinajstić information content (AvgIpc) is 2.68. The van der Waals surface area contributed by atoms with Gasteiger partial charge in [-0.15, -0.1) is 0 Å². The molecular weight excluding hydrogens is 374 g/mol. The van der Waals surface area contributed by atoms with Crippen LogP contribution in [-0.4, -0.2) is 39.4 Å². The summed E-state index contributed by atoms with van der Waals surface area (Å²) in [5.74, 6) is -0.480. The average molecular weight is 392 g/mol. The van der Waals surface area contributed by atoms with E-state index >= 15 is 0 Å². The minimum atomic E-state index is -0.923. The van der Waals surface area contributed by atoms with Gasteiger partial charge in [-0.1, -0.05) is 11.6 Å². The van der Waals surface area contributed by atoms with E-state index in [1.54, 1.807) is 36.4 Å². The van der Waals surface area contributed by atoms with E-state index in [2.05, 4.69) is 15.8 Å². The number of carbonyl (C=O) groups excluding carboxylic acids is 2. The number of anilines is 1. The van der Waals surface area contributed by atoms with Gasteiger partial charge in [0.15, 0.2) is 11.5 Å². The summed E-state index contributed by atoms with van der Waals surface area (Å²) >= 11 is 5.76. The molecule has 0 radical (unpaired) electrons. The summed E-state index contributed by atoms with van der Waals surface area (Å²) in [4.78, 5) is 23.7. The second kappa shape index (κ2) is 9.44. The molecule has 8 nitrogen and oxygen atoms in total. The number of rotatable bonds is 6. The molecule has 0 aromatic heterocycles. The highest BCUT2D eigenvalue weighted by molar-refractivity contribution is 6.39. The zero-order valence-electron chi connectivity index (χ0n) is 14.9. The Hall–Kier alpha value is -3.26. The molecule has 0 aliphatic carbocycles. The number of benzene rings is 2. The lowest BCUT2D eigenvalue weighted by Crippen LogP contribution is -2.32. The Labute approximate surface area is 161 Å². The van der Waals surface area contributed by atoms with E-state index < -0.39 is 11.8 Å². The zero-order valence-corrected chi connectivity index (χ0v) is 15.7. The number of amides is 2. The Morgan fingerprint density at radius 3 is 2.07 bits per heavy atom. The number of ether oxygens (including phenoxy) is 3. The molecule has 0 spiro atoms. The molecule has 2 aromatic rings.